The molecule has 1 aliphatic rings. The van der Waals surface area contributed by atoms with Gasteiger partial charge in [0.15, 0.2) is 0 Å². The summed E-state index contributed by atoms with van der Waals surface area (Å²) in [5, 5.41) is 15.3. The van der Waals surface area contributed by atoms with Gasteiger partial charge in [-0.15, -0.1) is 0 Å². The summed E-state index contributed by atoms with van der Waals surface area (Å²) in [7, 11) is 0. The standard InChI is InChI=1S/C13H18N2O3S/c16-12(17)2-1-10-3-6-15(7-4-10)13(18)14-11-5-8-19-9-11/h5,8-10H,1-4,6-7H2,(H,14,18)(H,16,17). The number of carboxylic acids is 1. The minimum absolute atomic E-state index is 0.0601. The van der Waals surface area contributed by atoms with Crippen LogP contribution in [0.15, 0.2) is 16.8 Å². The van der Waals surface area contributed by atoms with Crippen molar-refractivity contribution < 1.29 is 14.7 Å². The number of nitrogens with zero attached hydrogens (tertiary/aromatic N) is 1. The molecule has 5 nitrogen and oxygen atoms in total. The van der Waals surface area contributed by atoms with Crippen LogP contribution in [0.4, 0.5) is 10.5 Å². The van der Waals surface area contributed by atoms with Crippen molar-refractivity contribution in [1.29, 1.82) is 0 Å². The quantitative estimate of drug-likeness (QED) is 0.892. The van der Waals surface area contributed by atoms with Crippen LogP contribution >= 0.6 is 11.3 Å². The van der Waals surface area contributed by atoms with Crippen molar-refractivity contribution in [3.8, 4) is 0 Å². The summed E-state index contributed by atoms with van der Waals surface area (Å²) in [6, 6.07) is 1.82. The molecule has 0 bridgehead atoms. The summed E-state index contributed by atoms with van der Waals surface area (Å²) in [4.78, 5) is 24.3. The Morgan fingerprint density at radius 2 is 2.16 bits per heavy atom. The number of urea groups is 1. The zero-order valence-electron chi connectivity index (χ0n) is 10.7. The summed E-state index contributed by atoms with van der Waals surface area (Å²) in [5.74, 6) is -0.307. The second-order valence-electron chi connectivity index (χ2n) is 4.81. The second-order valence-corrected chi connectivity index (χ2v) is 5.59. The average Bonchev–Trinajstić information content (AvgIpc) is 2.89. The van der Waals surface area contributed by atoms with E-state index in [-0.39, 0.29) is 12.5 Å². The summed E-state index contributed by atoms with van der Waals surface area (Å²) >= 11 is 1.55. The van der Waals surface area contributed by atoms with E-state index >= 15 is 0 Å². The lowest BCUT2D eigenvalue weighted by molar-refractivity contribution is -0.137. The Balaban J connectivity index is 1.73. The molecule has 0 unspecified atom stereocenters. The third-order valence-electron chi connectivity index (χ3n) is 3.44. The average molecular weight is 282 g/mol. The maximum Gasteiger partial charge on any atom is 0.321 e. The third-order valence-corrected chi connectivity index (χ3v) is 4.12. The number of carbonyl (C=O) groups is 2. The first-order valence-corrected chi connectivity index (χ1v) is 7.39. The Morgan fingerprint density at radius 1 is 1.42 bits per heavy atom. The van der Waals surface area contributed by atoms with Gasteiger partial charge in [0.25, 0.3) is 0 Å². The molecule has 2 amide bonds. The number of thiophene rings is 1. The highest BCUT2D eigenvalue weighted by molar-refractivity contribution is 7.08. The zero-order chi connectivity index (χ0) is 13.7. The summed E-state index contributed by atoms with van der Waals surface area (Å²) in [5.41, 5.74) is 0.836. The molecule has 2 heterocycles. The lowest BCUT2D eigenvalue weighted by Gasteiger charge is -2.31. The molecule has 0 spiro atoms. The van der Waals surface area contributed by atoms with Crippen LogP contribution in [0.5, 0.6) is 0 Å². The highest BCUT2D eigenvalue weighted by Crippen LogP contribution is 2.22. The minimum atomic E-state index is -0.738. The number of nitrogens with one attached hydrogen (secondary N) is 1. The molecule has 0 saturated carbocycles. The minimum Gasteiger partial charge on any atom is -0.481 e. The largest absolute Gasteiger partial charge is 0.481 e. The van der Waals surface area contributed by atoms with Crippen molar-refractivity contribution in [3.05, 3.63) is 16.8 Å². The van der Waals surface area contributed by atoms with Gasteiger partial charge >= 0.3 is 12.0 Å². The van der Waals surface area contributed by atoms with Gasteiger partial charge in [0.1, 0.15) is 0 Å². The number of hydrogen-bond acceptors (Lipinski definition) is 3. The molecule has 2 N–H and O–H groups in total. The number of hydrogen-bond donors (Lipinski definition) is 2. The Morgan fingerprint density at radius 3 is 2.74 bits per heavy atom. The molecule has 19 heavy (non-hydrogen) atoms. The Hall–Kier alpha value is -1.56. The molecule has 2 rings (SSSR count). The molecule has 1 aromatic rings. The fraction of sp³-hybridized carbons (Fsp3) is 0.538. The van der Waals surface area contributed by atoms with Gasteiger partial charge in [0, 0.05) is 24.9 Å². The van der Waals surface area contributed by atoms with Gasteiger partial charge in [-0.2, -0.15) is 11.3 Å². The van der Waals surface area contributed by atoms with Crippen LogP contribution in [0.25, 0.3) is 0 Å². The predicted molar refractivity (Wildman–Crippen MR) is 74.5 cm³/mol. The van der Waals surface area contributed by atoms with Crippen LogP contribution in [0.1, 0.15) is 25.7 Å². The van der Waals surface area contributed by atoms with E-state index in [1.165, 1.54) is 0 Å². The SMILES string of the molecule is O=C(O)CCC1CCN(C(=O)Nc2ccsc2)CC1. The molecule has 0 radical (unpaired) electrons. The van der Waals surface area contributed by atoms with E-state index in [1.54, 1.807) is 16.2 Å². The molecule has 6 heteroatoms. The number of carboxylic acid groups (broad SMARTS) is 1. The highest BCUT2D eigenvalue weighted by Gasteiger charge is 2.23. The summed E-state index contributed by atoms with van der Waals surface area (Å²) in [6.07, 6.45) is 2.73. The van der Waals surface area contributed by atoms with Crippen molar-refractivity contribution in [3.63, 3.8) is 0 Å². The normalized spacial score (nSPS) is 16.3. The lowest BCUT2D eigenvalue weighted by atomic mass is 9.92. The van der Waals surface area contributed by atoms with Crippen molar-refractivity contribution in [2.75, 3.05) is 18.4 Å². The molecular weight excluding hydrogens is 264 g/mol. The third kappa shape index (κ3) is 4.24. The monoisotopic (exact) mass is 282 g/mol. The number of aliphatic carboxylic acids is 1. The first kappa shape index (κ1) is 13.9. The van der Waals surface area contributed by atoms with Crippen LogP contribution in [-0.2, 0) is 4.79 Å². The van der Waals surface area contributed by atoms with E-state index in [9.17, 15) is 9.59 Å². The number of carbonyl (C=O) groups excluding carboxylic acids is 1. The number of anilines is 1. The van der Waals surface area contributed by atoms with E-state index in [0.717, 1.165) is 24.9 Å². The molecule has 1 aliphatic heterocycles. The van der Waals surface area contributed by atoms with Crippen LogP contribution < -0.4 is 5.32 Å². The Bertz CT molecular complexity index is 425. The van der Waals surface area contributed by atoms with Crippen molar-refractivity contribution in [2.45, 2.75) is 25.7 Å². The van der Waals surface area contributed by atoms with E-state index in [1.807, 2.05) is 16.8 Å². The Kier molecular flexibility index (Phi) is 4.79. The zero-order valence-corrected chi connectivity index (χ0v) is 11.5. The van der Waals surface area contributed by atoms with Gasteiger partial charge in [0.2, 0.25) is 0 Å². The number of rotatable bonds is 4. The molecule has 0 aromatic carbocycles. The molecule has 0 aliphatic carbocycles. The second kappa shape index (κ2) is 6.56. The fourth-order valence-corrected chi connectivity index (χ4v) is 2.88. The summed E-state index contributed by atoms with van der Waals surface area (Å²) in [6.45, 7) is 1.42. The van der Waals surface area contributed by atoms with Crippen molar-refractivity contribution >= 4 is 29.0 Å². The van der Waals surface area contributed by atoms with Gasteiger partial charge < -0.3 is 15.3 Å². The molecule has 1 fully saturated rings. The predicted octanol–water partition coefficient (Wildman–Crippen LogP) is 2.86. The molecular formula is C13H18N2O3S. The van der Waals surface area contributed by atoms with Crippen LogP contribution in [0.2, 0.25) is 0 Å². The molecule has 104 valence electrons. The van der Waals surface area contributed by atoms with Crippen LogP contribution in [0.3, 0.4) is 0 Å². The Labute approximate surface area is 116 Å². The van der Waals surface area contributed by atoms with Gasteiger partial charge in [-0.3, -0.25) is 4.79 Å². The number of piperidine rings is 1. The smallest absolute Gasteiger partial charge is 0.321 e. The van der Waals surface area contributed by atoms with Gasteiger partial charge in [-0.05, 0) is 36.6 Å². The van der Waals surface area contributed by atoms with E-state index < -0.39 is 5.97 Å². The first-order valence-electron chi connectivity index (χ1n) is 6.45. The highest BCUT2D eigenvalue weighted by atomic mass is 32.1. The fourth-order valence-electron chi connectivity index (χ4n) is 2.29. The summed E-state index contributed by atoms with van der Waals surface area (Å²) < 4.78 is 0. The van der Waals surface area contributed by atoms with Gasteiger partial charge in [-0.1, -0.05) is 0 Å². The van der Waals surface area contributed by atoms with Crippen molar-refractivity contribution in [2.24, 2.45) is 5.92 Å². The number of amides is 2. The van der Waals surface area contributed by atoms with E-state index in [4.69, 9.17) is 5.11 Å². The molecule has 1 saturated heterocycles. The maximum absolute atomic E-state index is 12.0. The van der Waals surface area contributed by atoms with Crippen LogP contribution in [0, 0.1) is 5.92 Å². The maximum atomic E-state index is 12.0. The van der Waals surface area contributed by atoms with Crippen LogP contribution in [-0.4, -0.2) is 35.1 Å². The van der Waals surface area contributed by atoms with Crippen molar-refractivity contribution in [1.82, 2.24) is 4.90 Å². The lowest BCUT2D eigenvalue weighted by Crippen LogP contribution is -2.41. The van der Waals surface area contributed by atoms with E-state index in [0.29, 0.717) is 19.0 Å². The van der Waals surface area contributed by atoms with Gasteiger partial charge in [0.05, 0.1) is 5.69 Å². The molecule has 1 aromatic heterocycles. The first-order chi connectivity index (χ1) is 9.15. The van der Waals surface area contributed by atoms with Gasteiger partial charge in [-0.25, -0.2) is 4.79 Å². The van der Waals surface area contributed by atoms with E-state index in [2.05, 4.69) is 5.32 Å². The topological polar surface area (TPSA) is 69.6 Å². The number of likely N-dealkylation sites (tertiary alicyclic amines) is 1. The molecule has 0 atom stereocenters.